The maximum atomic E-state index is 12.6. The molecule has 4 rings (SSSR count). The SMILES string of the molecule is O=C(NCc1cccnc1-n1cncn1)c1cccc(-c2cccnc2)c1. The number of aromatic nitrogens is 5. The second-order valence-corrected chi connectivity index (χ2v) is 5.83. The number of amides is 1. The molecule has 3 heterocycles. The van der Waals surface area contributed by atoms with E-state index in [1.807, 2.05) is 42.5 Å². The summed E-state index contributed by atoms with van der Waals surface area (Å²) in [5.41, 5.74) is 3.34. The number of carbonyl (C=O) groups excluding carboxylic acids is 1. The Bertz CT molecular complexity index is 1050. The molecule has 3 aromatic heterocycles. The van der Waals surface area contributed by atoms with Gasteiger partial charge in [-0.1, -0.05) is 24.3 Å². The second-order valence-electron chi connectivity index (χ2n) is 5.83. The van der Waals surface area contributed by atoms with Crippen LogP contribution in [0.3, 0.4) is 0 Å². The highest BCUT2D eigenvalue weighted by molar-refractivity contribution is 5.95. The van der Waals surface area contributed by atoms with Crippen molar-refractivity contribution >= 4 is 5.91 Å². The summed E-state index contributed by atoms with van der Waals surface area (Å²) in [6.07, 6.45) is 8.20. The van der Waals surface area contributed by atoms with E-state index in [2.05, 4.69) is 25.4 Å². The van der Waals surface area contributed by atoms with E-state index in [0.29, 0.717) is 17.9 Å². The Morgan fingerprint density at radius 2 is 1.89 bits per heavy atom. The van der Waals surface area contributed by atoms with Crippen LogP contribution < -0.4 is 5.32 Å². The van der Waals surface area contributed by atoms with E-state index in [0.717, 1.165) is 16.7 Å². The standard InChI is InChI=1S/C20H16N6O/c27-20(16-5-1-4-15(10-16)17-6-2-8-21-11-17)24-12-18-7-3-9-23-19(18)26-14-22-13-25-26/h1-11,13-14H,12H2,(H,24,27). The first kappa shape index (κ1) is 16.6. The quantitative estimate of drug-likeness (QED) is 0.594. The zero-order valence-electron chi connectivity index (χ0n) is 14.4. The van der Waals surface area contributed by atoms with Gasteiger partial charge in [0.05, 0.1) is 0 Å². The van der Waals surface area contributed by atoms with Gasteiger partial charge in [0.25, 0.3) is 5.91 Å². The monoisotopic (exact) mass is 356 g/mol. The largest absolute Gasteiger partial charge is 0.348 e. The number of nitrogens with one attached hydrogen (secondary N) is 1. The Morgan fingerprint density at radius 1 is 1.00 bits per heavy atom. The van der Waals surface area contributed by atoms with E-state index in [4.69, 9.17) is 0 Å². The molecular weight excluding hydrogens is 340 g/mol. The molecule has 0 aliphatic carbocycles. The van der Waals surface area contributed by atoms with Crippen molar-refractivity contribution in [3.63, 3.8) is 0 Å². The van der Waals surface area contributed by atoms with Gasteiger partial charge in [0.1, 0.15) is 12.7 Å². The van der Waals surface area contributed by atoms with Gasteiger partial charge in [0.2, 0.25) is 0 Å². The number of hydrogen-bond acceptors (Lipinski definition) is 5. The molecule has 0 saturated carbocycles. The number of hydrogen-bond donors (Lipinski definition) is 1. The van der Waals surface area contributed by atoms with Crippen molar-refractivity contribution in [3.05, 3.63) is 90.9 Å². The lowest BCUT2D eigenvalue weighted by Gasteiger charge is -2.10. The van der Waals surface area contributed by atoms with Gasteiger partial charge in [-0.05, 0) is 29.8 Å². The zero-order valence-corrected chi connectivity index (χ0v) is 14.4. The summed E-state index contributed by atoms with van der Waals surface area (Å²) in [4.78, 5) is 25.0. The number of carbonyl (C=O) groups is 1. The fourth-order valence-corrected chi connectivity index (χ4v) is 2.74. The molecule has 7 heteroatoms. The molecule has 0 fully saturated rings. The molecule has 0 spiro atoms. The van der Waals surface area contributed by atoms with E-state index >= 15 is 0 Å². The third-order valence-electron chi connectivity index (χ3n) is 4.06. The summed E-state index contributed by atoms with van der Waals surface area (Å²) < 4.78 is 1.57. The van der Waals surface area contributed by atoms with E-state index in [-0.39, 0.29) is 5.91 Å². The van der Waals surface area contributed by atoms with Crippen LogP contribution in [0, 0.1) is 0 Å². The molecule has 1 amide bonds. The van der Waals surface area contributed by atoms with Crippen LogP contribution in [-0.4, -0.2) is 30.6 Å². The van der Waals surface area contributed by atoms with Crippen LogP contribution in [-0.2, 0) is 6.54 Å². The lowest BCUT2D eigenvalue weighted by atomic mass is 10.0. The molecule has 0 atom stereocenters. The Labute approximate surface area is 155 Å². The van der Waals surface area contributed by atoms with Crippen LogP contribution in [0.25, 0.3) is 16.9 Å². The van der Waals surface area contributed by atoms with Gasteiger partial charge >= 0.3 is 0 Å². The van der Waals surface area contributed by atoms with Gasteiger partial charge in [0.15, 0.2) is 5.82 Å². The number of benzene rings is 1. The lowest BCUT2D eigenvalue weighted by Crippen LogP contribution is -2.23. The third-order valence-corrected chi connectivity index (χ3v) is 4.06. The molecule has 0 bridgehead atoms. The summed E-state index contributed by atoms with van der Waals surface area (Å²) >= 11 is 0. The highest BCUT2D eigenvalue weighted by Gasteiger charge is 2.10. The summed E-state index contributed by atoms with van der Waals surface area (Å²) in [7, 11) is 0. The maximum absolute atomic E-state index is 12.6. The predicted octanol–water partition coefficient (Wildman–Crippen LogP) is 2.65. The Morgan fingerprint density at radius 3 is 2.70 bits per heavy atom. The van der Waals surface area contributed by atoms with Gasteiger partial charge in [-0.15, -0.1) is 0 Å². The highest BCUT2D eigenvalue weighted by Crippen LogP contribution is 2.19. The third kappa shape index (κ3) is 3.72. The van der Waals surface area contributed by atoms with Crippen LogP contribution in [0.15, 0.2) is 79.8 Å². The van der Waals surface area contributed by atoms with Crippen molar-refractivity contribution in [3.8, 4) is 16.9 Å². The minimum absolute atomic E-state index is 0.158. The van der Waals surface area contributed by atoms with Gasteiger partial charge in [-0.25, -0.2) is 14.6 Å². The topological polar surface area (TPSA) is 85.6 Å². The molecule has 4 aromatic rings. The fraction of sp³-hybridized carbons (Fsp3) is 0.0500. The molecule has 132 valence electrons. The van der Waals surface area contributed by atoms with E-state index in [1.54, 1.807) is 35.7 Å². The summed E-state index contributed by atoms with van der Waals surface area (Å²) in [6, 6.07) is 15.0. The first-order valence-electron chi connectivity index (χ1n) is 8.39. The smallest absolute Gasteiger partial charge is 0.251 e. The van der Waals surface area contributed by atoms with Gasteiger partial charge in [0, 0.05) is 41.8 Å². The maximum Gasteiger partial charge on any atom is 0.251 e. The van der Waals surface area contributed by atoms with Gasteiger partial charge in [-0.3, -0.25) is 9.78 Å². The molecule has 0 unspecified atom stereocenters. The minimum Gasteiger partial charge on any atom is -0.348 e. The van der Waals surface area contributed by atoms with Gasteiger partial charge < -0.3 is 5.32 Å². The lowest BCUT2D eigenvalue weighted by molar-refractivity contribution is 0.0951. The Kier molecular flexibility index (Phi) is 4.65. The van der Waals surface area contributed by atoms with Crippen molar-refractivity contribution in [2.24, 2.45) is 0 Å². The first-order valence-corrected chi connectivity index (χ1v) is 8.39. The predicted molar refractivity (Wildman–Crippen MR) is 100.0 cm³/mol. The summed E-state index contributed by atoms with van der Waals surface area (Å²) in [5.74, 6) is 0.480. The van der Waals surface area contributed by atoms with Gasteiger partial charge in [-0.2, -0.15) is 5.10 Å². The Hall–Kier alpha value is -3.87. The van der Waals surface area contributed by atoms with Crippen molar-refractivity contribution in [2.75, 3.05) is 0 Å². The zero-order chi connectivity index (χ0) is 18.5. The van der Waals surface area contributed by atoms with E-state index < -0.39 is 0 Å². The molecular formula is C20H16N6O. The highest BCUT2D eigenvalue weighted by atomic mass is 16.1. The molecule has 7 nitrogen and oxygen atoms in total. The number of rotatable bonds is 5. The van der Waals surface area contributed by atoms with E-state index in [9.17, 15) is 4.79 Å². The average Bonchev–Trinajstić information content (AvgIpc) is 3.28. The average molecular weight is 356 g/mol. The molecule has 27 heavy (non-hydrogen) atoms. The summed E-state index contributed by atoms with van der Waals surface area (Å²) in [5, 5.41) is 7.04. The molecule has 0 aliphatic heterocycles. The van der Waals surface area contributed by atoms with Crippen LogP contribution in [0.4, 0.5) is 0 Å². The molecule has 1 N–H and O–H groups in total. The number of pyridine rings is 2. The molecule has 0 radical (unpaired) electrons. The van der Waals surface area contributed by atoms with Crippen molar-refractivity contribution in [2.45, 2.75) is 6.54 Å². The van der Waals surface area contributed by atoms with Crippen LogP contribution in [0.5, 0.6) is 0 Å². The van der Waals surface area contributed by atoms with Crippen LogP contribution >= 0.6 is 0 Å². The Balaban J connectivity index is 1.51. The number of nitrogens with zero attached hydrogens (tertiary/aromatic N) is 5. The minimum atomic E-state index is -0.158. The fourth-order valence-electron chi connectivity index (χ4n) is 2.74. The molecule has 0 saturated heterocycles. The first-order chi connectivity index (χ1) is 13.3. The second kappa shape index (κ2) is 7.57. The van der Waals surface area contributed by atoms with Crippen molar-refractivity contribution < 1.29 is 4.79 Å². The van der Waals surface area contributed by atoms with E-state index in [1.165, 1.54) is 6.33 Å². The normalized spacial score (nSPS) is 10.5. The molecule has 1 aromatic carbocycles. The van der Waals surface area contributed by atoms with Crippen molar-refractivity contribution in [1.29, 1.82) is 0 Å². The summed E-state index contributed by atoms with van der Waals surface area (Å²) in [6.45, 7) is 0.332. The molecule has 0 aliphatic rings. The van der Waals surface area contributed by atoms with Crippen LogP contribution in [0.1, 0.15) is 15.9 Å². The van der Waals surface area contributed by atoms with Crippen LogP contribution in [0.2, 0.25) is 0 Å². The van der Waals surface area contributed by atoms with Crippen molar-refractivity contribution in [1.82, 2.24) is 30.0 Å².